The van der Waals surface area contributed by atoms with Crippen LogP contribution in [0.3, 0.4) is 0 Å². The fraction of sp³-hybridized carbons (Fsp3) is 0.0769. The lowest BCUT2D eigenvalue weighted by atomic mass is 9.77. The first-order chi connectivity index (χ1) is 60.3. The molecule has 123 heavy (non-hydrogen) atoms. The SMILES string of the molecule is CC1(C)c2ccccc2-c2nc3ccc4ccccc4c3c(-c3cccc(-c4ccc(-c5ccccn5)cc4)c3)c21.CC1(C)c2ccccc2-c2nc3ccc4ccccc4c3c(-c3cccc(-c4ccc(-c5cccnc5)cc4)c3)c21.CC1(C)c2ccccc2-c2nc3ccc4ccccc4c3c(-c3cccc(-c4ccc(-c5ccncc5)cc4)c3)c21. The Hall–Kier alpha value is -15.2. The molecule has 6 nitrogen and oxygen atoms in total. The molecule has 0 fully saturated rings. The molecule has 0 N–H and O–H groups in total. The number of hydrogen-bond donors (Lipinski definition) is 0. The van der Waals surface area contributed by atoms with E-state index in [1.165, 1.54) is 182 Å². The number of nitrogens with zero attached hydrogens (tertiary/aromatic N) is 6. The van der Waals surface area contributed by atoms with Crippen molar-refractivity contribution in [3.63, 3.8) is 0 Å². The summed E-state index contributed by atoms with van der Waals surface area (Å²) in [6.07, 6.45) is 9.25. The van der Waals surface area contributed by atoms with Crippen LogP contribution in [0.2, 0.25) is 0 Å². The van der Waals surface area contributed by atoms with Gasteiger partial charge in [-0.05, 0) is 221 Å². The number of hydrogen-bond acceptors (Lipinski definition) is 6. The highest BCUT2D eigenvalue weighted by atomic mass is 14.8. The van der Waals surface area contributed by atoms with Crippen LogP contribution in [0.5, 0.6) is 0 Å². The predicted octanol–water partition coefficient (Wildman–Crippen LogP) is 30.3. The van der Waals surface area contributed by atoms with Gasteiger partial charge in [0.15, 0.2) is 0 Å². The Kier molecular flexibility index (Phi) is 17.8. The van der Waals surface area contributed by atoms with Crippen molar-refractivity contribution >= 4 is 65.0 Å². The molecule has 0 bridgehead atoms. The van der Waals surface area contributed by atoms with Gasteiger partial charge in [-0.3, -0.25) is 15.0 Å². The summed E-state index contributed by atoms with van der Waals surface area (Å²) in [4.78, 5) is 29.0. The largest absolute Gasteiger partial charge is 0.265 e. The molecule has 0 saturated heterocycles. The van der Waals surface area contributed by atoms with E-state index in [0.29, 0.717) is 0 Å². The average molecular weight is 1570 g/mol. The van der Waals surface area contributed by atoms with Crippen molar-refractivity contribution in [3.05, 3.63) is 434 Å². The second-order valence-electron chi connectivity index (χ2n) is 34.4. The highest BCUT2D eigenvalue weighted by Gasteiger charge is 2.43. The molecule has 0 radical (unpaired) electrons. The van der Waals surface area contributed by atoms with Gasteiger partial charge >= 0.3 is 0 Å². The summed E-state index contributed by atoms with van der Waals surface area (Å²) in [6.45, 7) is 14.1. The zero-order chi connectivity index (χ0) is 82.7. The zero-order valence-corrected chi connectivity index (χ0v) is 69.3. The maximum absolute atomic E-state index is 5.34. The van der Waals surface area contributed by atoms with E-state index in [-0.39, 0.29) is 16.2 Å². The van der Waals surface area contributed by atoms with Crippen molar-refractivity contribution in [3.8, 4) is 134 Å². The van der Waals surface area contributed by atoms with Gasteiger partial charge in [0.05, 0.1) is 39.3 Å². The van der Waals surface area contributed by atoms with Crippen molar-refractivity contribution < 1.29 is 0 Å². The van der Waals surface area contributed by atoms with Crippen LogP contribution in [0.4, 0.5) is 0 Å². The van der Waals surface area contributed by atoms with Gasteiger partial charge in [-0.1, -0.05) is 345 Å². The third-order valence-electron chi connectivity index (χ3n) is 26.1. The fourth-order valence-corrected chi connectivity index (χ4v) is 20.2. The number of rotatable bonds is 9. The van der Waals surface area contributed by atoms with Crippen molar-refractivity contribution in [1.29, 1.82) is 0 Å². The Morgan fingerprint density at radius 2 is 0.528 bits per heavy atom. The fourth-order valence-electron chi connectivity index (χ4n) is 20.2. The van der Waals surface area contributed by atoms with Crippen LogP contribution in [-0.2, 0) is 16.2 Å². The third kappa shape index (κ3) is 12.5. The highest BCUT2D eigenvalue weighted by molar-refractivity contribution is 6.19. The second kappa shape index (κ2) is 29.6. The Morgan fingerprint density at radius 3 is 0.894 bits per heavy atom. The maximum atomic E-state index is 5.34. The average Bonchev–Trinajstić information content (AvgIpc) is 1.57. The lowest BCUT2D eigenvalue weighted by molar-refractivity contribution is 0.661. The normalized spacial score (nSPS) is 13.3. The number of pyridine rings is 6. The van der Waals surface area contributed by atoms with Crippen LogP contribution in [0, 0.1) is 0 Å². The van der Waals surface area contributed by atoms with Crippen LogP contribution in [0.25, 0.3) is 199 Å². The molecular formula is C117H84N6. The Balaban J connectivity index is 0.000000110. The lowest BCUT2D eigenvalue weighted by Crippen LogP contribution is -2.16. The van der Waals surface area contributed by atoms with Gasteiger partial charge < -0.3 is 0 Å². The number of benzene rings is 15. The van der Waals surface area contributed by atoms with Crippen molar-refractivity contribution in [2.75, 3.05) is 0 Å². The molecule has 0 saturated carbocycles. The lowest BCUT2D eigenvalue weighted by Gasteiger charge is -2.26. The Morgan fingerprint density at radius 1 is 0.211 bits per heavy atom. The van der Waals surface area contributed by atoms with Crippen LogP contribution in [-0.4, -0.2) is 29.9 Å². The first kappa shape index (κ1) is 74.1. The van der Waals surface area contributed by atoms with Gasteiger partial charge in [0.25, 0.3) is 0 Å². The molecule has 21 aromatic rings. The molecule has 0 atom stereocenters. The molecule has 15 aromatic carbocycles. The first-order valence-electron chi connectivity index (χ1n) is 42.5. The van der Waals surface area contributed by atoms with E-state index < -0.39 is 0 Å². The molecule has 0 spiro atoms. The molecule has 0 unspecified atom stereocenters. The van der Waals surface area contributed by atoms with E-state index in [2.05, 4.69) is 408 Å². The molecule has 3 aliphatic rings. The Labute approximate surface area is 716 Å². The monoisotopic (exact) mass is 1570 g/mol. The smallest absolute Gasteiger partial charge is 0.0759 e. The third-order valence-corrected chi connectivity index (χ3v) is 26.1. The van der Waals surface area contributed by atoms with Crippen LogP contribution in [0.1, 0.15) is 74.9 Å². The highest BCUT2D eigenvalue weighted by Crippen LogP contribution is 2.58. The molecule has 0 amide bonds. The molecule has 6 heterocycles. The van der Waals surface area contributed by atoms with Gasteiger partial charge in [-0.25, -0.2) is 15.0 Å². The molecule has 0 aliphatic heterocycles. The van der Waals surface area contributed by atoms with E-state index >= 15 is 0 Å². The van der Waals surface area contributed by atoms with Crippen LogP contribution in [0.15, 0.2) is 401 Å². The van der Waals surface area contributed by atoms with Crippen molar-refractivity contribution in [2.24, 2.45) is 0 Å². The summed E-state index contributed by atoms with van der Waals surface area (Å²) in [5.41, 5.74) is 39.1. The first-order valence-corrected chi connectivity index (χ1v) is 42.5. The second-order valence-corrected chi connectivity index (χ2v) is 34.4. The van der Waals surface area contributed by atoms with E-state index in [1.54, 1.807) is 0 Å². The quantitative estimate of drug-likeness (QED) is 0.134. The number of fused-ring (bicyclic) bond motifs is 18. The van der Waals surface area contributed by atoms with Gasteiger partial charge in [0, 0.05) is 85.6 Å². The summed E-state index contributed by atoms with van der Waals surface area (Å²) in [7, 11) is 0. The van der Waals surface area contributed by atoms with E-state index in [1.807, 2.05) is 49.2 Å². The van der Waals surface area contributed by atoms with Crippen LogP contribution >= 0.6 is 0 Å². The van der Waals surface area contributed by atoms with E-state index in [4.69, 9.17) is 15.0 Å². The van der Waals surface area contributed by atoms with E-state index in [0.717, 1.165) is 50.5 Å². The molecule has 6 heteroatoms. The molecular weight excluding hydrogens is 1490 g/mol. The number of aromatic nitrogens is 6. The van der Waals surface area contributed by atoms with E-state index in [9.17, 15) is 0 Å². The minimum absolute atomic E-state index is 0.179. The van der Waals surface area contributed by atoms with Crippen molar-refractivity contribution in [2.45, 2.75) is 57.8 Å². The van der Waals surface area contributed by atoms with Crippen LogP contribution < -0.4 is 0 Å². The van der Waals surface area contributed by atoms with Gasteiger partial charge in [0.1, 0.15) is 0 Å². The minimum atomic E-state index is -0.181. The predicted molar refractivity (Wildman–Crippen MR) is 513 cm³/mol. The summed E-state index contributed by atoms with van der Waals surface area (Å²) in [5.74, 6) is 0. The summed E-state index contributed by atoms with van der Waals surface area (Å²) in [5, 5.41) is 11.1. The van der Waals surface area contributed by atoms with Gasteiger partial charge in [0.2, 0.25) is 0 Å². The standard InChI is InChI=1S/3C39H28N2/c1-39(2)33-15-6-5-14-32(33)38-37(39)35(36-31-13-4-3-9-27(31)20-21-34(36)41-38)29-11-7-10-28(23-29)25-16-18-26(19-17-25)30-12-8-22-40-24-30;1-39(2)32-15-6-5-14-31(32)38-37(39)35(36-30-13-4-3-10-26(30)21-22-34(36)41-38)29-12-9-11-28(24-29)25-17-19-27(20-18-25)33-16-7-8-23-40-33;1-39(2)33-13-6-5-12-32(33)38-37(39)35(36-31-11-4-3-8-28(31)18-19-34(36)41-38)30-10-7-9-29(24-30)26-16-14-25(15-17-26)27-20-22-40-23-21-27/h3*3-24H,1-2H3. The van der Waals surface area contributed by atoms with Gasteiger partial charge in [-0.2, -0.15) is 0 Å². The zero-order valence-electron chi connectivity index (χ0n) is 69.3. The topological polar surface area (TPSA) is 77.3 Å². The molecule has 3 aliphatic carbocycles. The molecule has 6 aromatic heterocycles. The summed E-state index contributed by atoms with van der Waals surface area (Å²) in [6, 6.07) is 133. The van der Waals surface area contributed by atoms with Gasteiger partial charge in [-0.15, -0.1) is 0 Å². The minimum Gasteiger partial charge on any atom is -0.265 e. The van der Waals surface area contributed by atoms with Crippen molar-refractivity contribution in [1.82, 2.24) is 29.9 Å². The summed E-state index contributed by atoms with van der Waals surface area (Å²) < 4.78 is 0. The maximum Gasteiger partial charge on any atom is 0.0759 e. The Bertz CT molecular complexity index is 7050. The molecule has 582 valence electrons. The summed E-state index contributed by atoms with van der Waals surface area (Å²) >= 11 is 0. The molecule has 24 rings (SSSR count).